The standard InChI is InChI=1S/C21H36N4O10P2/c1-14(2)25(15(3)4)36(33-12-8-10-22)35-18-17(29-5)19(24-11-9-16(26)23-21(24)27)34-20(18)32-13-37(28,30-6)31-7/h9,11,14-15,17-20H,8,12-13H2,1-7H3,(H,23,26,27)/t17-,18+,19-,20+,36?/m1/s1. The Morgan fingerprint density at radius 3 is 2.35 bits per heavy atom. The fraction of sp³-hybridized carbons (Fsp3) is 0.762. The first-order chi connectivity index (χ1) is 17.5. The maximum Gasteiger partial charge on any atom is 0.355 e. The summed E-state index contributed by atoms with van der Waals surface area (Å²) in [5, 5.41) is 9.00. The number of aromatic nitrogens is 2. The molecule has 1 aromatic heterocycles. The predicted molar refractivity (Wildman–Crippen MR) is 134 cm³/mol. The van der Waals surface area contributed by atoms with Crippen LogP contribution in [0.5, 0.6) is 0 Å². The van der Waals surface area contributed by atoms with Crippen LogP contribution in [0, 0.1) is 11.3 Å². The summed E-state index contributed by atoms with van der Waals surface area (Å²) in [4.78, 5) is 26.3. The lowest BCUT2D eigenvalue weighted by Crippen LogP contribution is -2.41. The monoisotopic (exact) mass is 566 g/mol. The molecular formula is C21H36N4O10P2. The summed E-state index contributed by atoms with van der Waals surface area (Å²) in [6.45, 7) is 8.05. The van der Waals surface area contributed by atoms with E-state index in [1.165, 1.54) is 33.6 Å². The Kier molecular flexibility index (Phi) is 12.5. The van der Waals surface area contributed by atoms with E-state index in [-0.39, 0.29) is 25.1 Å². The molecule has 0 amide bonds. The smallest absolute Gasteiger partial charge is 0.355 e. The lowest BCUT2D eigenvalue weighted by atomic mass is 10.2. The summed E-state index contributed by atoms with van der Waals surface area (Å²) >= 11 is 0. The number of H-pyrrole nitrogens is 1. The maximum atomic E-state index is 12.6. The number of nitrogens with one attached hydrogen (secondary N) is 1. The molecule has 1 aliphatic rings. The third-order valence-electron chi connectivity index (χ3n) is 5.37. The van der Waals surface area contributed by atoms with Gasteiger partial charge in [0.25, 0.3) is 14.1 Å². The lowest BCUT2D eigenvalue weighted by molar-refractivity contribution is -0.166. The van der Waals surface area contributed by atoms with Crippen LogP contribution in [0.25, 0.3) is 0 Å². The van der Waals surface area contributed by atoms with Crippen molar-refractivity contribution >= 4 is 16.1 Å². The van der Waals surface area contributed by atoms with E-state index in [0.29, 0.717) is 0 Å². The quantitative estimate of drug-likeness (QED) is 0.244. The van der Waals surface area contributed by atoms with Gasteiger partial charge in [0.2, 0.25) is 0 Å². The van der Waals surface area contributed by atoms with E-state index < -0.39 is 58.4 Å². The summed E-state index contributed by atoms with van der Waals surface area (Å²) < 4.78 is 55.6. The van der Waals surface area contributed by atoms with Gasteiger partial charge in [0.15, 0.2) is 18.9 Å². The Morgan fingerprint density at radius 1 is 1.19 bits per heavy atom. The molecule has 0 aromatic carbocycles. The van der Waals surface area contributed by atoms with Crippen molar-refractivity contribution < 1.29 is 36.9 Å². The van der Waals surface area contributed by atoms with Crippen molar-refractivity contribution in [2.24, 2.45) is 0 Å². The molecule has 5 atom stereocenters. The minimum Gasteiger partial charge on any atom is -0.374 e. The zero-order valence-electron chi connectivity index (χ0n) is 22.1. The second kappa shape index (κ2) is 14.6. The molecule has 0 radical (unpaired) electrons. The van der Waals surface area contributed by atoms with Crippen LogP contribution in [0.15, 0.2) is 21.9 Å². The number of hydrogen-bond donors (Lipinski definition) is 1. The predicted octanol–water partition coefficient (Wildman–Crippen LogP) is 2.53. The molecule has 2 rings (SSSR count). The number of ether oxygens (including phenoxy) is 3. The molecule has 0 bridgehead atoms. The Balaban J connectivity index is 2.47. The summed E-state index contributed by atoms with van der Waals surface area (Å²) in [6, 6.07) is 3.23. The number of nitriles is 1. The number of hydrogen-bond acceptors (Lipinski definition) is 12. The first-order valence-electron chi connectivity index (χ1n) is 11.6. The molecule has 1 fully saturated rings. The van der Waals surface area contributed by atoms with E-state index in [0.717, 1.165) is 4.57 Å². The topological polar surface area (TPSA) is 164 Å². The fourth-order valence-electron chi connectivity index (χ4n) is 3.70. The fourth-order valence-corrected chi connectivity index (χ4v) is 6.12. The van der Waals surface area contributed by atoms with Gasteiger partial charge in [0.05, 0.1) is 19.1 Å². The third-order valence-corrected chi connectivity index (χ3v) is 9.08. The number of rotatable bonds is 15. The van der Waals surface area contributed by atoms with Crippen LogP contribution in [0.1, 0.15) is 40.3 Å². The molecule has 2 heterocycles. The summed E-state index contributed by atoms with van der Waals surface area (Å²) in [5.41, 5.74) is -1.30. The van der Waals surface area contributed by atoms with E-state index in [1.807, 2.05) is 38.4 Å². The van der Waals surface area contributed by atoms with Crippen molar-refractivity contribution in [2.45, 2.75) is 70.9 Å². The second-order valence-electron chi connectivity index (χ2n) is 8.50. The van der Waals surface area contributed by atoms with Crippen molar-refractivity contribution in [1.82, 2.24) is 14.2 Å². The number of nitrogens with zero attached hydrogens (tertiary/aromatic N) is 3. The van der Waals surface area contributed by atoms with E-state index >= 15 is 0 Å². The van der Waals surface area contributed by atoms with E-state index in [9.17, 15) is 14.2 Å². The molecule has 210 valence electrons. The van der Waals surface area contributed by atoms with E-state index in [4.69, 9.17) is 37.6 Å². The van der Waals surface area contributed by atoms with Crippen LogP contribution < -0.4 is 11.2 Å². The van der Waals surface area contributed by atoms with Gasteiger partial charge in [-0.25, -0.2) is 9.46 Å². The van der Waals surface area contributed by atoms with E-state index in [2.05, 4.69) is 4.98 Å². The van der Waals surface area contributed by atoms with Crippen molar-refractivity contribution in [2.75, 3.05) is 34.3 Å². The SMILES string of the molecule is CO[C@@H]1[C@H](OP(OCCC#N)N(C(C)C)C(C)C)[C@@H](OCP(=O)(OC)OC)O[C@H]1n1ccc(=O)[nH]c1=O. The molecule has 0 aliphatic carbocycles. The highest BCUT2D eigenvalue weighted by Gasteiger charge is 2.51. The molecule has 1 aromatic rings. The van der Waals surface area contributed by atoms with Gasteiger partial charge >= 0.3 is 13.3 Å². The zero-order valence-corrected chi connectivity index (χ0v) is 23.8. The molecular weight excluding hydrogens is 530 g/mol. The van der Waals surface area contributed by atoms with Gasteiger partial charge in [-0.2, -0.15) is 5.26 Å². The Morgan fingerprint density at radius 2 is 1.84 bits per heavy atom. The Hall–Kier alpha value is -1.49. The molecule has 1 N–H and O–H groups in total. The summed E-state index contributed by atoms with van der Waals surface area (Å²) in [6.07, 6.45) is -3.21. The molecule has 16 heteroatoms. The minimum absolute atomic E-state index is 0.00990. The van der Waals surface area contributed by atoms with Crippen LogP contribution in [0.3, 0.4) is 0 Å². The number of aromatic amines is 1. The Labute approximate surface area is 217 Å². The number of methoxy groups -OCH3 is 1. The van der Waals surface area contributed by atoms with Gasteiger partial charge in [0.1, 0.15) is 12.2 Å². The van der Waals surface area contributed by atoms with Gasteiger partial charge in [-0.1, -0.05) is 0 Å². The highest BCUT2D eigenvalue weighted by atomic mass is 31.2. The average molecular weight is 566 g/mol. The van der Waals surface area contributed by atoms with Crippen LogP contribution in [-0.4, -0.2) is 79.1 Å². The molecule has 1 saturated heterocycles. The van der Waals surface area contributed by atoms with Crippen LogP contribution in [0.4, 0.5) is 0 Å². The van der Waals surface area contributed by atoms with Gasteiger partial charge in [0, 0.05) is 45.7 Å². The van der Waals surface area contributed by atoms with Crippen LogP contribution >= 0.6 is 16.1 Å². The Bertz CT molecular complexity index is 1040. The minimum atomic E-state index is -3.59. The third kappa shape index (κ3) is 8.25. The van der Waals surface area contributed by atoms with E-state index in [1.54, 1.807) is 0 Å². The van der Waals surface area contributed by atoms with Gasteiger partial charge < -0.3 is 32.3 Å². The van der Waals surface area contributed by atoms with Crippen molar-refractivity contribution in [1.29, 1.82) is 5.26 Å². The van der Waals surface area contributed by atoms with Crippen molar-refractivity contribution in [3.8, 4) is 6.07 Å². The van der Waals surface area contributed by atoms with Crippen LogP contribution in [0.2, 0.25) is 0 Å². The van der Waals surface area contributed by atoms with Gasteiger partial charge in [-0.3, -0.25) is 18.9 Å². The lowest BCUT2D eigenvalue weighted by Gasteiger charge is -2.38. The highest BCUT2D eigenvalue weighted by molar-refractivity contribution is 7.53. The maximum absolute atomic E-state index is 12.6. The van der Waals surface area contributed by atoms with Crippen molar-refractivity contribution in [3.05, 3.63) is 33.1 Å². The summed E-state index contributed by atoms with van der Waals surface area (Å²) in [7, 11) is -1.49. The van der Waals surface area contributed by atoms with Gasteiger partial charge in [-0.05, 0) is 27.7 Å². The largest absolute Gasteiger partial charge is 0.374 e. The normalized spacial score (nSPS) is 23.2. The first kappa shape index (κ1) is 31.7. The zero-order chi connectivity index (χ0) is 27.8. The average Bonchev–Trinajstić information content (AvgIpc) is 3.18. The molecule has 14 nitrogen and oxygen atoms in total. The molecule has 1 unspecified atom stereocenters. The molecule has 1 aliphatic heterocycles. The molecule has 37 heavy (non-hydrogen) atoms. The van der Waals surface area contributed by atoms with Gasteiger partial charge in [-0.15, -0.1) is 0 Å². The first-order valence-corrected chi connectivity index (χ1v) is 14.4. The summed E-state index contributed by atoms with van der Waals surface area (Å²) in [5.74, 6) is 0. The molecule has 0 spiro atoms. The second-order valence-corrected chi connectivity index (χ2v) is 12.1. The van der Waals surface area contributed by atoms with Crippen LogP contribution in [-0.2, 0) is 36.9 Å². The molecule has 0 saturated carbocycles. The van der Waals surface area contributed by atoms with Crippen molar-refractivity contribution in [3.63, 3.8) is 0 Å². The highest BCUT2D eigenvalue weighted by Crippen LogP contribution is 2.52.